The average molecular weight is 311 g/mol. The third-order valence-electron chi connectivity index (χ3n) is 2.15. The highest BCUT2D eigenvalue weighted by Gasteiger charge is 2.16. The number of hydrogen-bond donors (Lipinski definition) is 0. The Kier molecular flexibility index (Phi) is 6.13. The summed E-state index contributed by atoms with van der Waals surface area (Å²) in [4.78, 5) is 4.42. The fourth-order valence-corrected chi connectivity index (χ4v) is 1.69. The first-order valence-electron chi connectivity index (χ1n) is 4.91. The van der Waals surface area contributed by atoms with E-state index in [9.17, 15) is 0 Å². The zero-order valence-corrected chi connectivity index (χ0v) is 12.6. The van der Waals surface area contributed by atoms with Crippen molar-refractivity contribution in [2.24, 2.45) is 7.05 Å². The van der Waals surface area contributed by atoms with E-state index in [1.165, 1.54) is 5.69 Å². The second-order valence-electron chi connectivity index (χ2n) is 3.72. The summed E-state index contributed by atoms with van der Waals surface area (Å²) in [5, 5.41) is 4.31. The van der Waals surface area contributed by atoms with E-state index in [1.54, 1.807) is 4.68 Å². The van der Waals surface area contributed by atoms with E-state index in [0.717, 1.165) is 17.3 Å². The molecule has 0 aliphatic heterocycles. The monoisotopic (exact) mass is 310 g/mol. The molecular formula is C9H15ClN4O4S. The molecule has 19 heavy (non-hydrogen) atoms. The average Bonchev–Trinajstić information content (AvgIpc) is 2.38. The fraction of sp³-hybridized carbons (Fsp3) is 0.444. The summed E-state index contributed by atoms with van der Waals surface area (Å²) in [6.45, 7) is 6.04. The molecule has 8 nitrogen and oxygen atoms in total. The van der Waals surface area contributed by atoms with Crippen LogP contribution >= 0.6 is 13.5 Å². The molecule has 2 aromatic rings. The molecule has 10 heteroatoms. The number of hydrogen-bond acceptors (Lipinski definition) is 6. The molecule has 0 aliphatic rings. The van der Waals surface area contributed by atoms with Crippen LogP contribution in [0.1, 0.15) is 17.2 Å². The van der Waals surface area contributed by atoms with Gasteiger partial charge in [-0.25, -0.2) is 18.6 Å². The predicted molar refractivity (Wildman–Crippen MR) is 58.8 cm³/mol. The molecule has 0 saturated heterocycles. The minimum atomic E-state index is -4.94. The summed E-state index contributed by atoms with van der Waals surface area (Å²) in [5.41, 5.74) is 2.20. The van der Waals surface area contributed by atoms with Crippen molar-refractivity contribution in [3.8, 4) is 0 Å². The summed E-state index contributed by atoms with van der Waals surface area (Å²) < 4.78 is 37.8. The maximum absolute atomic E-state index is 8.49. The van der Waals surface area contributed by atoms with Gasteiger partial charge < -0.3 is 0 Å². The Balaban J connectivity index is 0.000000471. The minimum Gasteiger partial charge on any atom is -0.222 e. The minimum absolute atomic E-state index is 0. The van der Waals surface area contributed by atoms with Gasteiger partial charge in [0.2, 0.25) is 5.82 Å². The Bertz CT molecular complexity index is 563. The van der Waals surface area contributed by atoms with Crippen LogP contribution in [0.2, 0.25) is 0 Å². The molecule has 0 atom stereocenters. The summed E-state index contributed by atoms with van der Waals surface area (Å²) in [6, 6.07) is 2.06. The van der Waals surface area contributed by atoms with Crippen molar-refractivity contribution in [1.29, 1.82) is 0 Å². The van der Waals surface area contributed by atoms with Gasteiger partial charge in [0.1, 0.15) is 5.69 Å². The van der Waals surface area contributed by atoms with Crippen molar-refractivity contribution in [3.05, 3.63) is 23.3 Å². The lowest BCUT2D eigenvalue weighted by molar-refractivity contribution is -2.00. The first-order valence-corrected chi connectivity index (χ1v) is 6.14. The van der Waals surface area contributed by atoms with Crippen molar-refractivity contribution >= 4 is 19.3 Å². The molecule has 0 radical (unpaired) electrons. The van der Waals surface area contributed by atoms with Gasteiger partial charge in [0.25, 0.3) is 0 Å². The molecule has 0 aromatic carbocycles. The third-order valence-corrected chi connectivity index (χ3v) is 2.15. The van der Waals surface area contributed by atoms with Crippen LogP contribution in [-0.2, 0) is 7.05 Å². The number of nitrogens with zero attached hydrogens (tertiary/aromatic N) is 4. The topological polar surface area (TPSA) is 127 Å². The number of aryl methyl sites for hydroxylation is 4. The Morgan fingerprint density at radius 2 is 1.63 bits per heavy atom. The Morgan fingerprint density at radius 1 is 1.16 bits per heavy atom. The summed E-state index contributed by atoms with van der Waals surface area (Å²) in [7, 11) is -3.03. The lowest BCUT2D eigenvalue weighted by Crippen LogP contribution is -2.68. The van der Waals surface area contributed by atoms with Crippen LogP contribution in [0.3, 0.4) is 0 Å². The molecule has 0 saturated carbocycles. The molecule has 0 aliphatic carbocycles. The van der Waals surface area contributed by atoms with Gasteiger partial charge in [-0.2, -0.15) is 17.9 Å². The van der Waals surface area contributed by atoms with Gasteiger partial charge >= 0.3 is 5.78 Å². The van der Waals surface area contributed by atoms with Gasteiger partial charge in [-0.1, -0.05) is 0 Å². The Hall–Kier alpha value is -0.970. The second kappa shape index (κ2) is 6.46. The van der Waals surface area contributed by atoms with Crippen molar-refractivity contribution in [3.63, 3.8) is 0 Å². The first-order chi connectivity index (χ1) is 8.09. The van der Waals surface area contributed by atoms with Gasteiger partial charge in [-0.05, 0) is 18.9 Å². The highest BCUT2D eigenvalue weighted by Crippen LogP contribution is 2.00. The van der Waals surface area contributed by atoms with Crippen molar-refractivity contribution in [1.82, 2.24) is 14.8 Å². The lowest BCUT2D eigenvalue weighted by Gasteiger charge is -2.17. The van der Waals surface area contributed by atoms with Crippen molar-refractivity contribution in [2.45, 2.75) is 20.8 Å². The van der Waals surface area contributed by atoms with E-state index in [-0.39, 0.29) is 13.5 Å². The van der Waals surface area contributed by atoms with Crippen LogP contribution in [0.4, 0.5) is 0 Å². The SMILES string of the molecule is Cc1cc(C)[n+]2c(C)nn(C)c2n1.S.[O-][Cl+3]([O-])([O-])[O-]. The van der Waals surface area contributed by atoms with E-state index < -0.39 is 10.2 Å². The number of aromatic nitrogens is 4. The standard InChI is InChI=1S/C9H13N4.ClHO4.H2S/c1-6-5-7(2)13-8(3)11-12(4)9(13)10-6;2-1(3,4)5;/h5H,1-4H3;(H,2,3,4,5);1H2/q+1;;/p-1. The van der Waals surface area contributed by atoms with Crippen LogP contribution in [0.15, 0.2) is 6.07 Å². The molecule has 0 amide bonds. The molecule has 2 heterocycles. The van der Waals surface area contributed by atoms with Gasteiger partial charge in [-0.3, -0.25) is 0 Å². The zero-order chi connectivity index (χ0) is 14.1. The van der Waals surface area contributed by atoms with Crippen LogP contribution < -0.4 is 23.0 Å². The smallest absolute Gasteiger partial charge is 0.222 e. The van der Waals surface area contributed by atoms with Gasteiger partial charge in [0, 0.05) is 13.0 Å². The molecule has 2 rings (SSSR count). The maximum Gasteiger partial charge on any atom is 0.386 e. The highest BCUT2D eigenvalue weighted by molar-refractivity contribution is 7.59. The summed E-state index contributed by atoms with van der Waals surface area (Å²) >= 11 is 0. The van der Waals surface area contributed by atoms with E-state index in [1.807, 2.05) is 25.3 Å². The molecule has 108 valence electrons. The number of rotatable bonds is 0. The third kappa shape index (κ3) is 5.27. The first kappa shape index (κ1) is 18.0. The highest BCUT2D eigenvalue weighted by atomic mass is 35.7. The second-order valence-corrected chi connectivity index (χ2v) is 4.48. The van der Waals surface area contributed by atoms with Crippen LogP contribution in [-0.4, -0.2) is 14.8 Å². The number of fused-ring (bicyclic) bond motifs is 1. The van der Waals surface area contributed by atoms with Gasteiger partial charge in [-0.15, -0.1) is 19.9 Å². The van der Waals surface area contributed by atoms with E-state index >= 15 is 0 Å². The summed E-state index contributed by atoms with van der Waals surface area (Å²) in [5.74, 6) is 1.87. The molecule has 0 unspecified atom stereocenters. The Labute approximate surface area is 119 Å². The normalized spacial score (nSPS) is 10.7. The molecule has 2 aromatic heterocycles. The molecule has 0 spiro atoms. The summed E-state index contributed by atoms with van der Waals surface area (Å²) in [6.07, 6.45) is 0. The molecular weight excluding hydrogens is 296 g/mol. The number of halogens is 1. The molecule has 0 N–H and O–H groups in total. The fourth-order valence-electron chi connectivity index (χ4n) is 1.69. The van der Waals surface area contributed by atoms with Crippen LogP contribution in [0.5, 0.6) is 0 Å². The molecule has 0 bridgehead atoms. The van der Waals surface area contributed by atoms with E-state index in [4.69, 9.17) is 18.6 Å². The largest absolute Gasteiger partial charge is 0.386 e. The van der Waals surface area contributed by atoms with Gasteiger partial charge in [0.05, 0.1) is 12.7 Å². The van der Waals surface area contributed by atoms with Gasteiger partial charge in [0.15, 0.2) is 0 Å². The van der Waals surface area contributed by atoms with Crippen LogP contribution in [0, 0.1) is 31.0 Å². The van der Waals surface area contributed by atoms with Crippen molar-refractivity contribution < 1.29 is 33.3 Å². The Morgan fingerprint density at radius 3 is 2.11 bits per heavy atom. The predicted octanol–water partition coefficient (Wildman–Crippen LogP) is -4.16. The van der Waals surface area contributed by atoms with E-state index in [2.05, 4.69) is 23.1 Å². The van der Waals surface area contributed by atoms with Crippen molar-refractivity contribution in [2.75, 3.05) is 0 Å². The van der Waals surface area contributed by atoms with Crippen LogP contribution in [0.25, 0.3) is 5.78 Å². The molecule has 0 fully saturated rings. The maximum atomic E-state index is 8.49. The van der Waals surface area contributed by atoms with E-state index in [0.29, 0.717) is 0 Å². The lowest BCUT2D eigenvalue weighted by atomic mass is 10.3. The quantitative estimate of drug-likeness (QED) is 0.454. The zero-order valence-electron chi connectivity index (χ0n) is 10.9.